The van der Waals surface area contributed by atoms with Gasteiger partial charge in [0.05, 0.1) is 27.8 Å². The van der Waals surface area contributed by atoms with E-state index in [-0.39, 0.29) is 10.6 Å². The van der Waals surface area contributed by atoms with Crippen LogP contribution in [0.25, 0.3) is 22.6 Å². The predicted octanol–water partition coefficient (Wildman–Crippen LogP) is 4.61. The van der Waals surface area contributed by atoms with Gasteiger partial charge in [0, 0.05) is 18.8 Å². The number of nitrogens with one attached hydrogen (secondary N) is 1. The van der Waals surface area contributed by atoms with E-state index in [0.29, 0.717) is 46.9 Å². The van der Waals surface area contributed by atoms with E-state index in [4.69, 9.17) is 8.94 Å². The first kappa shape index (κ1) is 22.3. The molecule has 34 heavy (non-hydrogen) atoms. The summed E-state index contributed by atoms with van der Waals surface area (Å²) >= 11 is 0. The number of sulfonamides is 1. The number of benzene rings is 1. The van der Waals surface area contributed by atoms with Crippen LogP contribution in [0, 0.1) is 6.92 Å². The topological polar surface area (TPSA) is 119 Å². The smallest absolute Gasteiger partial charge is 0.259 e. The minimum atomic E-state index is -3.56. The number of rotatable bonds is 5. The fraction of sp³-hybridized carbons (Fsp3) is 0.292. The molecule has 1 amide bonds. The molecule has 3 aromatic heterocycles. The van der Waals surface area contributed by atoms with Crippen LogP contribution < -0.4 is 5.32 Å². The number of anilines is 1. The molecule has 4 aromatic rings. The van der Waals surface area contributed by atoms with E-state index < -0.39 is 15.9 Å². The van der Waals surface area contributed by atoms with Crippen molar-refractivity contribution in [1.82, 2.24) is 14.4 Å². The quantitative estimate of drug-likeness (QED) is 0.443. The highest BCUT2D eigenvalue weighted by Crippen LogP contribution is 2.28. The number of aryl methyl sites for hydroxylation is 1. The molecule has 0 bridgehead atoms. The number of amides is 1. The maximum atomic E-state index is 13.2. The van der Waals surface area contributed by atoms with E-state index in [2.05, 4.69) is 15.5 Å². The van der Waals surface area contributed by atoms with E-state index in [0.717, 1.165) is 25.7 Å². The first-order chi connectivity index (χ1) is 16.4. The van der Waals surface area contributed by atoms with Crippen LogP contribution in [0.5, 0.6) is 0 Å². The van der Waals surface area contributed by atoms with E-state index >= 15 is 0 Å². The Kier molecular flexibility index (Phi) is 5.93. The second-order valence-corrected chi connectivity index (χ2v) is 10.2. The molecule has 1 aliphatic rings. The summed E-state index contributed by atoms with van der Waals surface area (Å²) < 4.78 is 38.3. The normalized spacial score (nSPS) is 15.3. The van der Waals surface area contributed by atoms with Crippen LogP contribution in [0.15, 0.2) is 62.6 Å². The summed E-state index contributed by atoms with van der Waals surface area (Å²) in [6.45, 7) is 2.81. The Hall–Kier alpha value is -3.50. The molecular weight excluding hydrogens is 456 g/mol. The van der Waals surface area contributed by atoms with Gasteiger partial charge in [0.2, 0.25) is 10.0 Å². The third-order valence-electron chi connectivity index (χ3n) is 5.95. The highest BCUT2D eigenvalue weighted by atomic mass is 32.2. The van der Waals surface area contributed by atoms with Crippen LogP contribution in [0.2, 0.25) is 0 Å². The summed E-state index contributed by atoms with van der Waals surface area (Å²) in [5.41, 5.74) is 2.01. The third-order valence-corrected chi connectivity index (χ3v) is 7.86. The minimum Gasteiger partial charge on any atom is -0.463 e. The van der Waals surface area contributed by atoms with E-state index in [1.807, 2.05) is 0 Å². The van der Waals surface area contributed by atoms with Gasteiger partial charge in [-0.05, 0) is 62.2 Å². The van der Waals surface area contributed by atoms with Crippen LogP contribution in [0.4, 0.5) is 5.69 Å². The molecule has 1 aliphatic heterocycles. The molecular formula is C24H24N4O5S. The van der Waals surface area contributed by atoms with Gasteiger partial charge in [0.1, 0.15) is 5.69 Å². The van der Waals surface area contributed by atoms with Crippen molar-refractivity contribution >= 4 is 32.7 Å². The first-order valence-corrected chi connectivity index (χ1v) is 12.6. The zero-order chi connectivity index (χ0) is 23.7. The molecule has 0 radical (unpaired) electrons. The standard InChI is InChI=1S/C24H24N4O5S/c1-16-22-19(15-20(21-7-6-14-32-21)26-24(22)33-27-16)23(29)25-17-8-10-18(11-9-17)34(30,31)28-12-4-2-3-5-13-28/h6-11,14-15H,2-5,12-13H2,1H3,(H,25,29). The van der Waals surface area contributed by atoms with Crippen molar-refractivity contribution in [3.63, 3.8) is 0 Å². The van der Waals surface area contributed by atoms with E-state index in [9.17, 15) is 13.2 Å². The SMILES string of the molecule is Cc1noc2nc(-c3ccco3)cc(C(=O)Nc3ccc(S(=O)(=O)N4CCCCCC4)cc3)c12. The molecule has 0 aliphatic carbocycles. The highest BCUT2D eigenvalue weighted by Gasteiger charge is 2.25. The Balaban J connectivity index is 1.41. The van der Waals surface area contributed by atoms with Gasteiger partial charge in [0.25, 0.3) is 11.6 Å². The predicted molar refractivity (Wildman–Crippen MR) is 126 cm³/mol. The zero-order valence-electron chi connectivity index (χ0n) is 18.7. The molecule has 4 heterocycles. The van der Waals surface area contributed by atoms with Crippen LogP contribution in [-0.4, -0.2) is 41.9 Å². The van der Waals surface area contributed by atoms with Gasteiger partial charge >= 0.3 is 0 Å². The summed E-state index contributed by atoms with van der Waals surface area (Å²) in [6.07, 6.45) is 5.36. The van der Waals surface area contributed by atoms with Crippen molar-refractivity contribution in [2.75, 3.05) is 18.4 Å². The highest BCUT2D eigenvalue weighted by molar-refractivity contribution is 7.89. The van der Waals surface area contributed by atoms with Gasteiger partial charge in [-0.1, -0.05) is 18.0 Å². The molecule has 1 saturated heterocycles. The van der Waals surface area contributed by atoms with Crippen LogP contribution >= 0.6 is 0 Å². The van der Waals surface area contributed by atoms with Crippen molar-refractivity contribution in [2.24, 2.45) is 0 Å². The second kappa shape index (κ2) is 9.03. The zero-order valence-corrected chi connectivity index (χ0v) is 19.5. The van der Waals surface area contributed by atoms with Crippen LogP contribution in [0.1, 0.15) is 41.7 Å². The fourth-order valence-corrected chi connectivity index (χ4v) is 5.68. The Morgan fingerprint density at radius 3 is 2.47 bits per heavy atom. The Bertz CT molecular complexity index is 1420. The fourth-order valence-electron chi connectivity index (χ4n) is 4.16. The number of aromatic nitrogens is 2. The number of carbonyl (C=O) groups is 1. The number of hydrogen-bond acceptors (Lipinski definition) is 7. The first-order valence-electron chi connectivity index (χ1n) is 11.2. The van der Waals surface area contributed by atoms with Crippen LogP contribution in [-0.2, 0) is 10.0 Å². The maximum absolute atomic E-state index is 13.2. The molecule has 1 fully saturated rings. The van der Waals surface area contributed by atoms with Crippen LogP contribution in [0.3, 0.4) is 0 Å². The van der Waals surface area contributed by atoms with Gasteiger partial charge in [-0.25, -0.2) is 13.4 Å². The average Bonchev–Trinajstić information content (AvgIpc) is 3.41. The molecule has 0 atom stereocenters. The summed E-state index contributed by atoms with van der Waals surface area (Å²) in [5.74, 6) is 0.0997. The van der Waals surface area contributed by atoms with E-state index in [1.54, 1.807) is 41.6 Å². The van der Waals surface area contributed by atoms with Crippen molar-refractivity contribution in [1.29, 1.82) is 0 Å². The monoisotopic (exact) mass is 480 g/mol. The lowest BCUT2D eigenvalue weighted by atomic mass is 10.1. The van der Waals surface area contributed by atoms with Gasteiger partial charge in [0.15, 0.2) is 5.76 Å². The van der Waals surface area contributed by atoms with Gasteiger partial charge in [-0.15, -0.1) is 0 Å². The maximum Gasteiger partial charge on any atom is 0.259 e. The molecule has 0 spiro atoms. The van der Waals surface area contributed by atoms with Crippen molar-refractivity contribution in [3.05, 3.63) is 60.0 Å². The summed E-state index contributed by atoms with van der Waals surface area (Å²) in [5, 5.41) is 7.28. The molecule has 5 rings (SSSR count). The number of nitrogens with zero attached hydrogens (tertiary/aromatic N) is 3. The molecule has 10 heteroatoms. The average molecular weight is 481 g/mol. The number of carbonyl (C=O) groups excluding carboxylic acids is 1. The number of hydrogen-bond donors (Lipinski definition) is 1. The van der Waals surface area contributed by atoms with Gasteiger partial charge < -0.3 is 14.3 Å². The molecule has 176 valence electrons. The molecule has 1 aromatic carbocycles. The van der Waals surface area contributed by atoms with Gasteiger partial charge in [-0.2, -0.15) is 4.31 Å². The van der Waals surface area contributed by atoms with Crippen molar-refractivity contribution < 1.29 is 22.2 Å². The lowest BCUT2D eigenvalue weighted by Crippen LogP contribution is -2.31. The molecule has 9 nitrogen and oxygen atoms in total. The lowest BCUT2D eigenvalue weighted by molar-refractivity contribution is 0.102. The Morgan fingerprint density at radius 2 is 1.79 bits per heavy atom. The summed E-state index contributed by atoms with van der Waals surface area (Å²) in [4.78, 5) is 17.8. The largest absolute Gasteiger partial charge is 0.463 e. The second-order valence-electron chi connectivity index (χ2n) is 8.28. The Morgan fingerprint density at radius 1 is 1.06 bits per heavy atom. The van der Waals surface area contributed by atoms with Crippen molar-refractivity contribution in [3.8, 4) is 11.5 Å². The number of fused-ring (bicyclic) bond motifs is 1. The third kappa shape index (κ3) is 4.22. The number of pyridine rings is 1. The Labute approximate surface area is 196 Å². The van der Waals surface area contributed by atoms with Gasteiger partial charge in [-0.3, -0.25) is 4.79 Å². The minimum absolute atomic E-state index is 0.216. The lowest BCUT2D eigenvalue weighted by Gasteiger charge is -2.20. The number of furan rings is 1. The molecule has 0 unspecified atom stereocenters. The summed E-state index contributed by atoms with van der Waals surface area (Å²) in [7, 11) is -3.56. The molecule has 0 saturated carbocycles. The summed E-state index contributed by atoms with van der Waals surface area (Å²) in [6, 6.07) is 11.3. The van der Waals surface area contributed by atoms with E-state index in [1.165, 1.54) is 18.4 Å². The van der Waals surface area contributed by atoms with Crippen molar-refractivity contribution in [2.45, 2.75) is 37.5 Å². The molecule has 1 N–H and O–H groups in total.